The topological polar surface area (TPSA) is 117 Å². The van der Waals surface area contributed by atoms with Crippen LogP contribution in [0.2, 0.25) is 0 Å². The van der Waals surface area contributed by atoms with Crippen molar-refractivity contribution in [3.8, 4) is 5.95 Å². The first kappa shape index (κ1) is 12.7. The van der Waals surface area contributed by atoms with E-state index in [9.17, 15) is 0 Å². The van der Waals surface area contributed by atoms with Crippen molar-refractivity contribution in [2.75, 3.05) is 24.2 Å². The quantitative estimate of drug-likeness (QED) is 0.793. The van der Waals surface area contributed by atoms with Crippen LogP contribution in [0, 0.1) is 5.92 Å². The van der Waals surface area contributed by atoms with Gasteiger partial charge in [0, 0.05) is 19.1 Å². The lowest BCUT2D eigenvalue weighted by molar-refractivity contribution is 0.108. The second-order valence-electron chi connectivity index (χ2n) is 4.66. The molecule has 0 saturated carbocycles. The van der Waals surface area contributed by atoms with E-state index in [2.05, 4.69) is 37.3 Å². The Balaban J connectivity index is 1.73. The van der Waals surface area contributed by atoms with Crippen LogP contribution in [0.15, 0.2) is 12.7 Å². The van der Waals surface area contributed by atoms with E-state index >= 15 is 0 Å². The fourth-order valence-corrected chi connectivity index (χ4v) is 2.14. The highest BCUT2D eigenvalue weighted by atomic mass is 16.5. The Morgan fingerprint density at radius 1 is 1.45 bits per heavy atom. The molecule has 0 bridgehead atoms. The molecule has 0 aliphatic carbocycles. The van der Waals surface area contributed by atoms with E-state index in [4.69, 9.17) is 10.5 Å². The summed E-state index contributed by atoms with van der Waals surface area (Å²) in [6.07, 6.45) is 4.19. The van der Waals surface area contributed by atoms with E-state index < -0.39 is 0 Å². The molecule has 2 atom stereocenters. The molecule has 3 heterocycles. The van der Waals surface area contributed by atoms with Crippen LogP contribution >= 0.6 is 0 Å². The molecule has 0 radical (unpaired) electrons. The monoisotopic (exact) mass is 276 g/mol. The van der Waals surface area contributed by atoms with Gasteiger partial charge in [0.05, 0.1) is 6.10 Å². The molecule has 9 nitrogen and oxygen atoms in total. The van der Waals surface area contributed by atoms with Gasteiger partial charge >= 0.3 is 0 Å². The fraction of sp³-hybridized carbons (Fsp3) is 0.545. The van der Waals surface area contributed by atoms with Gasteiger partial charge in [-0.2, -0.15) is 24.7 Å². The van der Waals surface area contributed by atoms with Gasteiger partial charge in [0.1, 0.15) is 12.7 Å². The normalized spacial score (nSPS) is 22.1. The van der Waals surface area contributed by atoms with Crippen molar-refractivity contribution < 1.29 is 4.74 Å². The Morgan fingerprint density at radius 3 is 3.05 bits per heavy atom. The lowest BCUT2D eigenvalue weighted by Crippen LogP contribution is -2.22. The molecule has 1 aliphatic rings. The number of ether oxygens (including phenoxy) is 1. The molecule has 1 aliphatic heterocycles. The molecule has 3 rings (SSSR count). The molecular formula is C11H16N8O. The summed E-state index contributed by atoms with van der Waals surface area (Å²) < 4.78 is 6.96. The summed E-state index contributed by atoms with van der Waals surface area (Å²) in [5.41, 5.74) is 5.69. The summed E-state index contributed by atoms with van der Waals surface area (Å²) in [7, 11) is 0. The van der Waals surface area contributed by atoms with Crippen molar-refractivity contribution in [2.24, 2.45) is 5.92 Å². The number of nitrogen functional groups attached to an aromatic ring is 1. The molecule has 2 unspecified atom stereocenters. The number of nitrogens with two attached hydrogens (primary N) is 1. The number of nitrogens with one attached hydrogen (secondary N) is 1. The molecule has 9 heteroatoms. The lowest BCUT2D eigenvalue weighted by atomic mass is 10.0. The zero-order valence-corrected chi connectivity index (χ0v) is 11.1. The first-order chi connectivity index (χ1) is 9.72. The third kappa shape index (κ3) is 2.67. The minimum Gasteiger partial charge on any atom is -0.378 e. The van der Waals surface area contributed by atoms with E-state index in [1.165, 1.54) is 17.3 Å². The van der Waals surface area contributed by atoms with Gasteiger partial charge in [0.15, 0.2) is 0 Å². The van der Waals surface area contributed by atoms with Gasteiger partial charge in [-0.15, -0.1) is 0 Å². The SMILES string of the molecule is CC1OCCC1CNc1nc(N)nc(-n2cncn2)n1. The van der Waals surface area contributed by atoms with Gasteiger partial charge in [-0.05, 0) is 13.3 Å². The highest BCUT2D eigenvalue weighted by molar-refractivity contribution is 5.34. The third-order valence-electron chi connectivity index (χ3n) is 3.32. The molecule has 20 heavy (non-hydrogen) atoms. The zero-order valence-electron chi connectivity index (χ0n) is 11.1. The van der Waals surface area contributed by atoms with Crippen LogP contribution in [0.4, 0.5) is 11.9 Å². The summed E-state index contributed by atoms with van der Waals surface area (Å²) in [5, 5.41) is 7.14. The maximum atomic E-state index is 5.69. The van der Waals surface area contributed by atoms with Crippen LogP contribution in [0.5, 0.6) is 0 Å². The second kappa shape index (κ2) is 5.37. The zero-order chi connectivity index (χ0) is 13.9. The third-order valence-corrected chi connectivity index (χ3v) is 3.32. The van der Waals surface area contributed by atoms with Crippen LogP contribution in [-0.4, -0.2) is 49.0 Å². The number of nitrogens with zero attached hydrogens (tertiary/aromatic N) is 6. The Labute approximate surface area is 115 Å². The number of hydrogen-bond donors (Lipinski definition) is 2. The summed E-state index contributed by atoms with van der Waals surface area (Å²) in [4.78, 5) is 16.2. The maximum Gasteiger partial charge on any atom is 0.258 e. The minimum absolute atomic E-state index is 0.142. The highest BCUT2D eigenvalue weighted by Crippen LogP contribution is 2.20. The predicted octanol–water partition coefficient (Wildman–Crippen LogP) is -0.129. The molecule has 2 aromatic heterocycles. The lowest BCUT2D eigenvalue weighted by Gasteiger charge is -2.14. The van der Waals surface area contributed by atoms with Gasteiger partial charge in [-0.1, -0.05) is 0 Å². The molecular weight excluding hydrogens is 260 g/mol. The van der Waals surface area contributed by atoms with Gasteiger partial charge in [-0.25, -0.2) is 4.98 Å². The Kier molecular flexibility index (Phi) is 3.42. The average Bonchev–Trinajstić information content (AvgIpc) is 3.07. The Bertz CT molecular complexity index is 572. The number of rotatable bonds is 4. The smallest absolute Gasteiger partial charge is 0.258 e. The summed E-state index contributed by atoms with van der Waals surface area (Å²) >= 11 is 0. The van der Waals surface area contributed by atoms with Crippen molar-refractivity contribution in [2.45, 2.75) is 19.4 Å². The Hall–Kier alpha value is -2.29. The molecule has 106 valence electrons. The van der Waals surface area contributed by atoms with Crippen LogP contribution in [0.3, 0.4) is 0 Å². The summed E-state index contributed by atoms with van der Waals surface area (Å²) in [6, 6.07) is 0. The molecule has 2 aromatic rings. The van der Waals surface area contributed by atoms with Crippen LogP contribution in [0.1, 0.15) is 13.3 Å². The van der Waals surface area contributed by atoms with Gasteiger partial charge in [0.25, 0.3) is 5.95 Å². The Morgan fingerprint density at radius 2 is 2.35 bits per heavy atom. The molecule has 1 fully saturated rings. The highest BCUT2D eigenvalue weighted by Gasteiger charge is 2.24. The van der Waals surface area contributed by atoms with E-state index in [0.29, 0.717) is 17.8 Å². The number of hydrogen-bond acceptors (Lipinski definition) is 8. The van der Waals surface area contributed by atoms with Crippen molar-refractivity contribution in [3.63, 3.8) is 0 Å². The number of anilines is 2. The van der Waals surface area contributed by atoms with E-state index in [1.807, 2.05) is 0 Å². The molecule has 0 amide bonds. The van der Waals surface area contributed by atoms with E-state index in [0.717, 1.165) is 19.6 Å². The largest absolute Gasteiger partial charge is 0.378 e. The molecule has 0 spiro atoms. The van der Waals surface area contributed by atoms with Gasteiger partial charge in [-0.3, -0.25) is 0 Å². The first-order valence-corrected chi connectivity index (χ1v) is 6.44. The average molecular weight is 276 g/mol. The fourth-order valence-electron chi connectivity index (χ4n) is 2.14. The van der Waals surface area contributed by atoms with Crippen molar-refractivity contribution in [1.82, 2.24) is 29.7 Å². The van der Waals surface area contributed by atoms with Crippen molar-refractivity contribution in [1.29, 1.82) is 0 Å². The molecule has 3 N–H and O–H groups in total. The predicted molar refractivity (Wildman–Crippen MR) is 71.2 cm³/mol. The number of aromatic nitrogens is 6. The van der Waals surface area contributed by atoms with Gasteiger partial charge in [0.2, 0.25) is 11.9 Å². The first-order valence-electron chi connectivity index (χ1n) is 6.44. The van der Waals surface area contributed by atoms with Crippen LogP contribution in [-0.2, 0) is 4.74 Å². The van der Waals surface area contributed by atoms with E-state index in [-0.39, 0.29) is 12.1 Å². The van der Waals surface area contributed by atoms with Crippen LogP contribution in [0.25, 0.3) is 5.95 Å². The standard InChI is InChI=1S/C11H16N8O/c1-7-8(2-3-20-7)4-14-10-16-9(12)17-11(18-10)19-6-13-5-15-19/h5-8H,2-4H2,1H3,(H3,12,14,16,17,18). The van der Waals surface area contributed by atoms with Crippen LogP contribution < -0.4 is 11.1 Å². The molecule has 1 saturated heterocycles. The summed E-state index contributed by atoms with van der Waals surface area (Å²) in [5.74, 6) is 1.36. The maximum absolute atomic E-state index is 5.69. The summed E-state index contributed by atoms with van der Waals surface area (Å²) in [6.45, 7) is 3.61. The second-order valence-corrected chi connectivity index (χ2v) is 4.66. The van der Waals surface area contributed by atoms with Crippen molar-refractivity contribution in [3.05, 3.63) is 12.7 Å². The minimum atomic E-state index is 0.142. The van der Waals surface area contributed by atoms with Crippen molar-refractivity contribution >= 4 is 11.9 Å². The van der Waals surface area contributed by atoms with E-state index in [1.54, 1.807) is 0 Å². The van der Waals surface area contributed by atoms with Gasteiger partial charge < -0.3 is 15.8 Å². The molecule has 0 aromatic carbocycles.